The molecular formula is C20H17N3O2S. The molecule has 26 heavy (non-hydrogen) atoms. The number of benzene rings is 2. The zero-order chi connectivity index (χ0) is 17.9. The van der Waals surface area contributed by atoms with Crippen LogP contribution < -0.4 is 9.47 Å². The van der Waals surface area contributed by atoms with Crippen molar-refractivity contribution in [2.75, 3.05) is 14.2 Å². The molecule has 0 atom stereocenters. The highest BCUT2D eigenvalue weighted by atomic mass is 32.2. The molecule has 4 aromatic rings. The van der Waals surface area contributed by atoms with Crippen LogP contribution in [0.15, 0.2) is 70.8 Å². The predicted octanol–water partition coefficient (Wildman–Crippen LogP) is 4.79. The molecule has 4 rings (SSSR count). The van der Waals surface area contributed by atoms with Gasteiger partial charge in [0.15, 0.2) is 0 Å². The van der Waals surface area contributed by atoms with Crippen LogP contribution in [0.2, 0.25) is 0 Å². The van der Waals surface area contributed by atoms with E-state index in [4.69, 9.17) is 9.47 Å². The first kappa shape index (κ1) is 16.5. The quantitative estimate of drug-likeness (QED) is 0.517. The minimum atomic E-state index is 0.809. The van der Waals surface area contributed by atoms with E-state index in [0.717, 1.165) is 43.7 Å². The maximum atomic E-state index is 5.32. The standard InChI is InChI=1S/C20H17N3O2S/c1-24-14-6-3-5-13(9-14)18-11-17-19(23-18)21-12-22-20(17)26-16-8-4-7-15(10-16)25-2/h3-12H,1-2H3,(H,21,22,23). The van der Waals surface area contributed by atoms with Gasteiger partial charge in [-0.15, -0.1) is 0 Å². The van der Waals surface area contributed by atoms with E-state index in [9.17, 15) is 0 Å². The van der Waals surface area contributed by atoms with Crippen molar-refractivity contribution in [2.24, 2.45) is 0 Å². The second-order valence-corrected chi connectivity index (χ2v) is 6.70. The maximum absolute atomic E-state index is 5.32. The summed E-state index contributed by atoms with van der Waals surface area (Å²) >= 11 is 1.59. The lowest BCUT2D eigenvalue weighted by molar-refractivity contribution is 0.413. The molecule has 0 aliphatic carbocycles. The molecule has 0 bridgehead atoms. The van der Waals surface area contributed by atoms with Crippen molar-refractivity contribution in [3.63, 3.8) is 0 Å². The maximum Gasteiger partial charge on any atom is 0.142 e. The second-order valence-electron chi connectivity index (χ2n) is 5.64. The van der Waals surface area contributed by atoms with Gasteiger partial charge in [-0.05, 0) is 36.4 Å². The normalized spacial score (nSPS) is 10.8. The molecular weight excluding hydrogens is 346 g/mol. The number of nitrogens with zero attached hydrogens (tertiary/aromatic N) is 2. The molecule has 5 nitrogen and oxygen atoms in total. The van der Waals surface area contributed by atoms with Crippen molar-refractivity contribution < 1.29 is 9.47 Å². The Labute approximate surface area is 155 Å². The number of ether oxygens (including phenoxy) is 2. The number of methoxy groups -OCH3 is 2. The van der Waals surface area contributed by atoms with Crippen LogP contribution in [0.1, 0.15) is 0 Å². The minimum Gasteiger partial charge on any atom is -0.497 e. The third kappa shape index (κ3) is 3.23. The van der Waals surface area contributed by atoms with Crippen molar-refractivity contribution in [3.05, 3.63) is 60.9 Å². The van der Waals surface area contributed by atoms with E-state index in [0.29, 0.717) is 0 Å². The van der Waals surface area contributed by atoms with Crippen molar-refractivity contribution in [1.82, 2.24) is 15.0 Å². The Kier molecular flexibility index (Phi) is 4.50. The first-order chi connectivity index (χ1) is 12.8. The molecule has 0 aliphatic heterocycles. The Hall–Kier alpha value is -2.99. The van der Waals surface area contributed by atoms with Gasteiger partial charge in [0.2, 0.25) is 0 Å². The Morgan fingerprint density at radius 1 is 0.885 bits per heavy atom. The van der Waals surface area contributed by atoms with Crippen LogP contribution in [0.25, 0.3) is 22.3 Å². The first-order valence-electron chi connectivity index (χ1n) is 8.07. The molecule has 0 unspecified atom stereocenters. The summed E-state index contributed by atoms with van der Waals surface area (Å²) in [6.45, 7) is 0. The molecule has 130 valence electrons. The number of aromatic amines is 1. The summed E-state index contributed by atoms with van der Waals surface area (Å²) < 4.78 is 10.6. The zero-order valence-corrected chi connectivity index (χ0v) is 15.2. The molecule has 2 aromatic heterocycles. The van der Waals surface area contributed by atoms with Crippen LogP contribution in [0.5, 0.6) is 11.5 Å². The summed E-state index contributed by atoms with van der Waals surface area (Å²) in [4.78, 5) is 13.3. The third-order valence-corrected chi connectivity index (χ3v) is 5.03. The smallest absolute Gasteiger partial charge is 0.142 e. The fraction of sp³-hybridized carbons (Fsp3) is 0.100. The number of hydrogen-bond acceptors (Lipinski definition) is 5. The summed E-state index contributed by atoms with van der Waals surface area (Å²) in [5, 5.41) is 1.88. The van der Waals surface area contributed by atoms with Gasteiger partial charge >= 0.3 is 0 Å². The topological polar surface area (TPSA) is 60.0 Å². The highest BCUT2D eigenvalue weighted by Gasteiger charge is 2.11. The summed E-state index contributed by atoms with van der Waals surface area (Å²) in [7, 11) is 3.33. The molecule has 1 N–H and O–H groups in total. The van der Waals surface area contributed by atoms with Crippen LogP contribution in [0.3, 0.4) is 0 Å². The molecule has 0 fully saturated rings. The largest absolute Gasteiger partial charge is 0.497 e. The number of nitrogens with one attached hydrogen (secondary N) is 1. The van der Waals surface area contributed by atoms with Gasteiger partial charge in [-0.1, -0.05) is 30.0 Å². The third-order valence-electron chi connectivity index (χ3n) is 4.03. The molecule has 0 aliphatic rings. The van der Waals surface area contributed by atoms with Gasteiger partial charge in [-0.25, -0.2) is 9.97 Å². The Morgan fingerprint density at radius 3 is 2.46 bits per heavy atom. The summed E-state index contributed by atoms with van der Waals surface area (Å²) in [6.07, 6.45) is 1.58. The van der Waals surface area contributed by atoms with E-state index in [1.165, 1.54) is 0 Å². The van der Waals surface area contributed by atoms with Crippen molar-refractivity contribution in [1.29, 1.82) is 0 Å². The van der Waals surface area contributed by atoms with Crippen molar-refractivity contribution >= 4 is 22.8 Å². The van der Waals surface area contributed by atoms with E-state index in [-0.39, 0.29) is 0 Å². The zero-order valence-electron chi connectivity index (χ0n) is 14.4. The van der Waals surface area contributed by atoms with Gasteiger partial charge in [0, 0.05) is 16.2 Å². The van der Waals surface area contributed by atoms with E-state index < -0.39 is 0 Å². The summed E-state index contributed by atoms with van der Waals surface area (Å²) in [5.41, 5.74) is 2.83. The van der Waals surface area contributed by atoms with Crippen molar-refractivity contribution in [2.45, 2.75) is 9.92 Å². The van der Waals surface area contributed by atoms with Gasteiger partial charge in [-0.3, -0.25) is 0 Å². The lowest BCUT2D eigenvalue weighted by Gasteiger charge is -2.04. The molecule has 6 heteroatoms. The lowest BCUT2D eigenvalue weighted by Crippen LogP contribution is -1.86. The molecule has 0 spiro atoms. The van der Waals surface area contributed by atoms with Gasteiger partial charge < -0.3 is 14.5 Å². The average molecular weight is 363 g/mol. The first-order valence-corrected chi connectivity index (χ1v) is 8.88. The SMILES string of the molecule is COc1cccc(Sc2ncnc3[nH]c(-c4cccc(OC)c4)cc23)c1. The van der Waals surface area contributed by atoms with Gasteiger partial charge in [0.05, 0.1) is 19.6 Å². The fourth-order valence-electron chi connectivity index (χ4n) is 2.72. The monoisotopic (exact) mass is 363 g/mol. The van der Waals surface area contributed by atoms with Crippen LogP contribution in [0, 0.1) is 0 Å². The fourth-order valence-corrected chi connectivity index (χ4v) is 3.63. The van der Waals surface area contributed by atoms with E-state index in [1.807, 2.05) is 48.5 Å². The lowest BCUT2D eigenvalue weighted by atomic mass is 10.1. The average Bonchev–Trinajstić information content (AvgIpc) is 3.14. The van der Waals surface area contributed by atoms with E-state index >= 15 is 0 Å². The molecule has 0 amide bonds. The number of rotatable bonds is 5. The molecule has 0 saturated heterocycles. The second kappa shape index (κ2) is 7.09. The predicted molar refractivity (Wildman–Crippen MR) is 103 cm³/mol. The summed E-state index contributed by atoms with van der Waals surface area (Å²) in [5.74, 6) is 1.64. The van der Waals surface area contributed by atoms with Gasteiger partial charge in [0.1, 0.15) is 28.5 Å². The Morgan fingerprint density at radius 2 is 1.65 bits per heavy atom. The Balaban J connectivity index is 1.73. The molecule has 2 aromatic carbocycles. The van der Waals surface area contributed by atoms with Gasteiger partial charge in [0.25, 0.3) is 0 Å². The van der Waals surface area contributed by atoms with Crippen LogP contribution in [-0.2, 0) is 0 Å². The molecule has 2 heterocycles. The number of fused-ring (bicyclic) bond motifs is 1. The van der Waals surface area contributed by atoms with Crippen LogP contribution >= 0.6 is 11.8 Å². The summed E-state index contributed by atoms with van der Waals surface area (Å²) in [6, 6.07) is 17.9. The van der Waals surface area contributed by atoms with E-state index in [1.54, 1.807) is 32.3 Å². The van der Waals surface area contributed by atoms with Crippen LogP contribution in [-0.4, -0.2) is 29.2 Å². The molecule has 0 radical (unpaired) electrons. The highest BCUT2D eigenvalue weighted by Crippen LogP contribution is 2.35. The van der Waals surface area contributed by atoms with Crippen LogP contribution in [0.4, 0.5) is 0 Å². The van der Waals surface area contributed by atoms with Crippen molar-refractivity contribution in [3.8, 4) is 22.8 Å². The number of aromatic nitrogens is 3. The number of hydrogen-bond donors (Lipinski definition) is 1. The highest BCUT2D eigenvalue weighted by molar-refractivity contribution is 7.99. The van der Waals surface area contributed by atoms with E-state index in [2.05, 4.69) is 21.0 Å². The molecule has 0 saturated carbocycles. The van der Waals surface area contributed by atoms with Gasteiger partial charge in [-0.2, -0.15) is 0 Å². The Bertz CT molecular complexity index is 1060. The minimum absolute atomic E-state index is 0.809. The number of H-pyrrole nitrogens is 1.